The number of anilines is 1. The van der Waals surface area contributed by atoms with Crippen molar-refractivity contribution in [3.05, 3.63) is 59.8 Å². The lowest BCUT2D eigenvalue weighted by molar-refractivity contribution is 1.22. The summed E-state index contributed by atoms with van der Waals surface area (Å²) in [5.74, 6) is 0.700. The van der Waals surface area contributed by atoms with Crippen LogP contribution in [0.15, 0.2) is 53.8 Å². The first-order chi connectivity index (χ1) is 8.79. The molecule has 0 saturated heterocycles. The fourth-order valence-electron chi connectivity index (χ4n) is 1.42. The van der Waals surface area contributed by atoms with Crippen molar-refractivity contribution < 1.29 is 0 Å². The summed E-state index contributed by atoms with van der Waals surface area (Å²) in [5.41, 5.74) is 5.33. The maximum absolute atomic E-state index is 8.72. The molecule has 18 heavy (non-hydrogen) atoms. The van der Waals surface area contributed by atoms with Crippen molar-refractivity contribution in [2.75, 3.05) is 5.43 Å². The van der Waals surface area contributed by atoms with Crippen LogP contribution in [0, 0.1) is 11.3 Å². The topological polar surface area (TPSA) is 61.1 Å². The molecule has 2 rings (SSSR count). The molecule has 0 amide bonds. The first-order valence-corrected chi connectivity index (χ1v) is 5.51. The van der Waals surface area contributed by atoms with Gasteiger partial charge in [0.25, 0.3) is 0 Å². The number of nitrogens with one attached hydrogen (secondary N) is 1. The van der Waals surface area contributed by atoms with E-state index < -0.39 is 0 Å². The van der Waals surface area contributed by atoms with Gasteiger partial charge in [-0.25, -0.2) is 4.98 Å². The summed E-state index contributed by atoms with van der Waals surface area (Å²) in [7, 11) is 0. The Morgan fingerprint density at radius 2 is 2.00 bits per heavy atom. The highest BCUT2D eigenvalue weighted by atomic mass is 15.3. The van der Waals surface area contributed by atoms with Crippen molar-refractivity contribution in [2.24, 2.45) is 5.10 Å². The number of hydrogen-bond acceptors (Lipinski definition) is 4. The minimum absolute atomic E-state index is 0.643. The SMILES string of the molecule is C/C(=N/Nc1ccccn1)c1ccc(C#N)cc1. The zero-order valence-electron chi connectivity index (χ0n) is 9.96. The first kappa shape index (κ1) is 11.8. The number of benzene rings is 1. The Labute approximate surface area is 106 Å². The van der Waals surface area contributed by atoms with Crippen LogP contribution in [0.5, 0.6) is 0 Å². The Hall–Kier alpha value is -2.67. The van der Waals surface area contributed by atoms with Gasteiger partial charge in [0.2, 0.25) is 0 Å². The highest BCUT2D eigenvalue weighted by Crippen LogP contribution is 2.06. The average Bonchev–Trinajstić information content (AvgIpc) is 2.46. The van der Waals surface area contributed by atoms with Gasteiger partial charge in [-0.1, -0.05) is 18.2 Å². The van der Waals surface area contributed by atoms with E-state index in [2.05, 4.69) is 21.6 Å². The lowest BCUT2D eigenvalue weighted by Gasteiger charge is -2.02. The average molecular weight is 236 g/mol. The number of nitrogens with zero attached hydrogens (tertiary/aromatic N) is 3. The van der Waals surface area contributed by atoms with E-state index in [4.69, 9.17) is 5.26 Å². The van der Waals surface area contributed by atoms with Crippen LogP contribution in [0.25, 0.3) is 0 Å². The molecule has 2 aromatic rings. The van der Waals surface area contributed by atoms with E-state index in [0.717, 1.165) is 11.3 Å². The molecular weight excluding hydrogens is 224 g/mol. The van der Waals surface area contributed by atoms with Crippen LogP contribution in [0.4, 0.5) is 5.82 Å². The van der Waals surface area contributed by atoms with Crippen LogP contribution < -0.4 is 5.43 Å². The number of nitriles is 1. The number of pyridine rings is 1. The van der Waals surface area contributed by atoms with Gasteiger partial charge in [0.1, 0.15) is 5.82 Å². The third kappa shape index (κ3) is 2.92. The van der Waals surface area contributed by atoms with Gasteiger partial charge in [-0.3, -0.25) is 5.43 Å². The molecule has 0 atom stereocenters. The van der Waals surface area contributed by atoms with Gasteiger partial charge < -0.3 is 0 Å². The minimum Gasteiger partial charge on any atom is -0.261 e. The Kier molecular flexibility index (Phi) is 3.67. The zero-order chi connectivity index (χ0) is 12.8. The summed E-state index contributed by atoms with van der Waals surface area (Å²) in [6.45, 7) is 1.90. The van der Waals surface area contributed by atoms with Gasteiger partial charge in [-0.15, -0.1) is 0 Å². The molecule has 0 spiro atoms. The van der Waals surface area contributed by atoms with Crippen LogP contribution in [0.3, 0.4) is 0 Å². The van der Waals surface area contributed by atoms with Crippen LogP contribution in [0.1, 0.15) is 18.1 Å². The third-order valence-electron chi connectivity index (χ3n) is 2.43. The molecule has 0 radical (unpaired) electrons. The lowest BCUT2D eigenvalue weighted by atomic mass is 10.1. The molecule has 0 bridgehead atoms. The van der Waals surface area contributed by atoms with Gasteiger partial charge in [0.15, 0.2) is 0 Å². The molecule has 0 aliphatic carbocycles. The second-order valence-electron chi connectivity index (χ2n) is 3.71. The normalized spacial score (nSPS) is 10.8. The van der Waals surface area contributed by atoms with E-state index >= 15 is 0 Å². The molecule has 0 unspecified atom stereocenters. The fraction of sp³-hybridized carbons (Fsp3) is 0.0714. The zero-order valence-corrected chi connectivity index (χ0v) is 9.96. The molecule has 0 aliphatic heterocycles. The molecule has 1 aromatic carbocycles. The Bertz CT molecular complexity index is 579. The summed E-state index contributed by atoms with van der Waals surface area (Å²) in [6.07, 6.45) is 1.70. The largest absolute Gasteiger partial charge is 0.261 e. The third-order valence-corrected chi connectivity index (χ3v) is 2.43. The summed E-state index contributed by atoms with van der Waals surface area (Å²) >= 11 is 0. The van der Waals surface area contributed by atoms with Gasteiger partial charge in [-0.05, 0) is 36.8 Å². The number of rotatable bonds is 3. The monoisotopic (exact) mass is 236 g/mol. The molecular formula is C14H12N4. The molecule has 88 valence electrons. The number of aromatic nitrogens is 1. The molecule has 1 heterocycles. The van der Waals surface area contributed by atoms with Crippen LogP contribution in [-0.2, 0) is 0 Å². The maximum Gasteiger partial charge on any atom is 0.146 e. The Morgan fingerprint density at radius 3 is 2.61 bits per heavy atom. The smallest absolute Gasteiger partial charge is 0.146 e. The first-order valence-electron chi connectivity index (χ1n) is 5.51. The van der Waals surface area contributed by atoms with E-state index in [1.807, 2.05) is 37.3 Å². The predicted molar refractivity (Wildman–Crippen MR) is 71.2 cm³/mol. The van der Waals surface area contributed by atoms with E-state index in [-0.39, 0.29) is 0 Å². The lowest BCUT2D eigenvalue weighted by Crippen LogP contribution is -2.00. The van der Waals surface area contributed by atoms with E-state index in [0.29, 0.717) is 11.4 Å². The van der Waals surface area contributed by atoms with Gasteiger partial charge in [0.05, 0.1) is 17.3 Å². The summed E-state index contributed by atoms with van der Waals surface area (Å²) in [4.78, 5) is 4.11. The van der Waals surface area contributed by atoms with E-state index in [1.54, 1.807) is 18.3 Å². The Balaban J connectivity index is 2.11. The number of hydrazone groups is 1. The van der Waals surface area contributed by atoms with E-state index in [9.17, 15) is 0 Å². The molecule has 1 aromatic heterocycles. The van der Waals surface area contributed by atoms with Gasteiger partial charge in [0, 0.05) is 6.20 Å². The van der Waals surface area contributed by atoms with Gasteiger partial charge >= 0.3 is 0 Å². The van der Waals surface area contributed by atoms with Crippen molar-refractivity contribution in [1.82, 2.24) is 4.98 Å². The summed E-state index contributed by atoms with van der Waals surface area (Å²) in [6, 6.07) is 15.0. The van der Waals surface area contributed by atoms with E-state index in [1.165, 1.54) is 0 Å². The van der Waals surface area contributed by atoms with Crippen molar-refractivity contribution in [2.45, 2.75) is 6.92 Å². The fourth-order valence-corrected chi connectivity index (χ4v) is 1.42. The Morgan fingerprint density at radius 1 is 1.22 bits per heavy atom. The number of hydrogen-bond donors (Lipinski definition) is 1. The van der Waals surface area contributed by atoms with Crippen molar-refractivity contribution >= 4 is 11.5 Å². The highest BCUT2D eigenvalue weighted by molar-refractivity contribution is 5.99. The second kappa shape index (κ2) is 5.60. The predicted octanol–water partition coefficient (Wildman–Crippen LogP) is 2.79. The summed E-state index contributed by atoms with van der Waals surface area (Å²) < 4.78 is 0. The maximum atomic E-state index is 8.72. The van der Waals surface area contributed by atoms with Crippen molar-refractivity contribution in [3.8, 4) is 6.07 Å². The second-order valence-corrected chi connectivity index (χ2v) is 3.71. The molecule has 4 heteroatoms. The molecule has 1 N–H and O–H groups in total. The van der Waals surface area contributed by atoms with Gasteiger partial charge in [-0.2, -0.15) is 10.4 Å². The highest BCUT2D eigenvalue weighted by Gasteiger charge is 1.98. The van der Waals surface area contributed by atoms with Crippen LogP contribution in [-0.4, -0.2) is 10.7 Å². The standard InChI is InChI=1S/C14H12N4/c1-11(13-7-5-12(10-15)6-8-13)17-18-14-4-2-3-9-16-14/h2-9H,1H3,(H,16,18)/b17-11-. The molecule has 0 fully saturated rings. The molecule has 4 nitrogen and oxygen atoms in total. The van der Waals surface area contributed by atoms with Crippen molar-refractivity contribution in [1.29, 1.82) is 5.26 Å². The molecule has 0 saturated carbocycles. The summed E-state index contributed by atoms with van der Waals surface area (Å²) in [5, 5.41) is 13.0. The van der Waals surface area contributed by atoms with Crippen molar-refractivity contribution in [3.63, 3.8) is 0 Å². The minimum atomic E-state index is 0.643. The van der Waals surface area contributed by atoms with Crippen LogP contribution >= 0.6 is 0 Å². The van der Waals surface area contributed by atoms with Crippen LogP contribution in [0.2, 0.25) is 0 Å². The quantitative estimate of drug-likeness (QED) is 0.658. The molecule has 0 aliphatic rings.